The van der Waals surface area contributed by atoms with Crippen molar-refractivity contribution in [3.63, 3.8) is 0 Å². The van der Waals surface area contributed by atoms with Gasteiger partial charge in [0.05, 0.1) is 17.9 Å². The average Bonchev–Trinajstić information content (AvgIpc) is 2.25. The van der Waals surface area contributed by atoms with Crippen molar-refractivity contribution in [1.29, 1.82) is 0 Å². The molecule has 0 saturated heterocycles. The molecule has 90 valence electrons. The summed E-state index contributed by atoms with van der Waals surface area (Å²) in [6.07, 6.45) is 3.83. The molecule has 3 atom stereocenters. The summed E-state index contributed by atoms with van der Waals surface area (Å²) in [6, 6.07) is 0. The fraction of sp³-hybridized carbons (Fsp3) is 0.636. The van der Waals surface area contributed by atoms with Crippen molar-refractivity contribution in [2.75, 3.05) is 6.54 Å². The molecule has 1 rings (SSSR count). The first-order valence-corrected chi connectivity index (χ1v) is 5.36. The predicted octanol–water partition coefficient (Wildman–Crippen LogP) is 0.150. The van der Waals surface area contributed by atoms with Crippen LogP contribution in [0.4, 0.5) is 0 Å². The maximum atomic E-state index is 11.7. The highest BCUT2D eigenvalue weighted by Gasteiger charge is 2.33. The first-order valence-electron chi connectivity index (χ1n) is 5.36. The Morgan fingerprint density at radius 3 is 2.44 bits per heavy atom. The summed E-state index contributed by atoms with van der Waals surface area (Å²) in [5, 5.41) is 20.6. The third-order valence-electron chi connectivity index (χ3n) is 2.66. The molecule has 0 aliphatic heterocycles. The Morgan fingerprint density at radius 1 is 1.38 bits per heavy atom. The highest BCUT2D eigenvalue weighted by atomic mass is 16.4. The van der Waals surface area contributed by atoms with Crippen LogP contribution in [0.3, 0.4) is 0 Å². The number of amides is 1. The van der Waals surface area contributed by atoms with Gasteiger partial charge in [-0.3, -0.25) is 9.59 Å². The molecule has 2 unspecified atom stereocenters. The number of aliphatic hydroxyl groups is 1. The Balaban J connectivity index is 2.58. The Hall–Kier alpha value is -1.36. The fourth-order valence-electron chi connectivity index (χ4n) is 1.76. The highest BCUT2D eigenvalue weighted by Crippen LogP contribution is 2.25. The molecule has 1 amide bonds. The second-order valence-electron chi connectivity index (χ2n) is 4.09. The van der Waals surface area contributed by atoms with E-state index in [1.54, 1.807) is 13.0 Å². The van der Waals surface area contributed by atoms with E-state index in [0.717, 1.165) is 0 Å². The van der Waals surface area contributed by atoms with Crippen molar-refractivity contribution < 1.29 is 19.8 Å². The molecular weight excluding hydrogens is 210 g/mol. The second-order valence-corrected chi connectivity index (χ2v) is 4.09. The SMILES string of the molecule is C[C@@H](O)CNC(=O)C1CC=CCC1C(=O)O. The third kappa shape index (κ3) is 3.34. The largest absolute Gasteiger partial charge is 0.481 e. The molecule has 0 heterocycles. The lowest BCUT2D eigenvalue weighted by Crippen LogP contribution is -2.41. The first kappa shape index (κ1) is 12.7. The van der Waals surface area contributed by atoms with Crippen molar-refractivity contribution in [3.05, 3.63) is 12.2 Å². The summed E-state index contributed by atoms with van der Waals surface area (Å²) in [5.74, 6) is -2.42. The van der Waals surface area contributed by atoms with Gasteiger partial charge in [0.2, 0.25) is 5.91 Å². The smallest absolute Gasteiger partial charge is 0.307 e. The van der Waals surface area contributed by atoms with Crippen molar-refractivity contribution in [1.82, 2.24) is 5.32 Å². The minimum absolute atomic E-state index is 0.158. The number of carboxylic acid groups (broad SMARTS) is 1. The Morgan fingerprint density at radius 2 is 1.94 bits per heavy atom. The lowest BCUT2D eigenvalue weighted by molar-refractivity contribution is -0.147. The van der Waals surface area contributed by atoms with Crippen LogP contribution in [0.25, 0.3) is 0 Å². The average molecular weight is 227 g/mol. The van der Waals surface area contributed by atoms with E-state index >= 15 is 0 Å². The summed E-state index contributed by atoms with van der Waals surface area (Å²) in [5.41, 5.74) is 0. The van der Waals surface area contributed by atoms with Gasteiger partial charge in [-0.2, -0.15) is 0 Å². The number of hydrogen-bond acceptors (Lipinski definition) is 3. The maximum Gasteiger partial charge on any atom is 0.307 e. The fourth-order valence-corrected chi connectivity index (χ4v) is 1.76. The molecule has 0 bridgehead atoms. The molecule has 0 aromatic rings. The zero-order valence-electron chi connectivity index (χ0n) is 9.22. The molecule has 0 aromatic carbocycles. The lowest BCUT2D eigenvalue weighted by Gasteiger charge is -2.24. The van der Waals surface area contributed by atoms with Crippen molar-refractivity contribution in [2.45, 2.75) is 25.9 Å². The van der Waals surface area contributed by atoms with Crippen LogP contribution in [0.1, 0.15) is 19.8 Å². The first-order chi connectivity index (χ1) is 7.52. The van der Waals surface area contributed by atoms with Gasteiger partial charge < -0.3 is 15.5 Å². The number of aliphatic hydroxyl groups excluding tert-OH is 1. The molecule has 0 saturated carbocycles. The van der Waals surface area contributed by atoms with E-state index in [0.29, 0.717) is 12.8 Å². The van der Waals surface area contributed by atoms with E-state index in [9.17, 15) is 9.59 Å². The molecule has 0 fully saturated rings. The standard InChI is InChI=1S/C11H17NO4/c1-7(13)6-12-10(14)8-4-2-3-5-9(8)11(15)16/h2-3,7-9,13H,4-6H2,1H3,(H,12,14)(H,15,16)/t7-,8?,9?/m1/s1. The van der Waals surface area contributed by atoms with E-state index in [1.807, 2.05) is 6.08 Å². The summed E-state index contributed by atoms with van der Waals surface area (Å²) in [7, 11) is 0. The molecular formula is C11H17NO4. The molecule has 0 aromatic heterocycles. The van der Waals surface area contributed by atoms with Gasteiger partial charge in [-0.15, -0.1) is 0 Å². The molecule has 16 heavy (non-hydrogen) atoms. The van der Waals surface area contributed by atoms with Crippen molar-refractivity contribution >= 4 is 11.9 Å². The molecule has 3 N–H and O–H groups in total. The van der Waals surface area contributed by atoms with Crippen LogP contribution in [0, 0.1) is 11.8 Å². The molecule has 0 spiro atoms. The Bertz CT molecular complexity index is 298. The van der Waals surface area contributed by atoms with E-state index in [4.69, 9.17) is 10.2 Å². The van der Waals surface area contributed by atoms with Gasteiger partial charge in [0.15, 0.2) is 0 Å². The number of allylic oxidation sites excluding steroid dienone is 2. The zero-order chi connectivity index (χ0) is 12.1. The van der Waals surface area contributed by atoms with E-state index < -0.39 is 23.9 Å². The predicted molar refractivity (Wildman–Crippen MR) is 57.7 cm³/mol. The number of nitrogens with one attached hydrogen (secondary N) is 1. The molecule has 1 aliphatic carbocycles. The van der Waals surface area contributed by atoms with Gasteiger partial charge in [0.25, 0.3) is 0 Å². The van der Waals surface area contributed by atoms with Crippen LogP contribution in [-0.4, -0.2) is 34.7 Å². The minimum atomic E-state index is -0.943. The zero-order valence-corrected chi connectivity index (χ0v) is 9.22. The summed E-state index contributed by atoms with van der Waals surface area (Å²) in [4.78, 5) is 22.6. The Labute approximate surface area is 94.2 Å². The Kier molecular flexibility index (Phi) is 4.49. The van der Waals surface area contributed by atoms with Crippen LogP contribution in [0.15, 0.2) is 12.2 Å². The normalized spacial score (nSPS) is 26.1. The quantitative estimate of drug-likeness (QED) is 0.597. The summed E-state index contributed by atoms with van der Waals surface area (Å²) in [6.45, 7) is 1.72. The second kappa shape index (κ2) is 5.65. The van der Waals surface area contributed by atoms with Crippen LogP contribution in [-0.2, 0) is 9.59 Å². The molecule has 5 heteroatoms. The van der Waals surface area contributed by atoms with E-state index in [-0.39, 0.29) is 12.5 Å². The third-order valence-corrected chi connectivity index (χ3v) is 2.66. The number of hydrogen-bond donors (Lipinski definition) is 3. The van der Waals surface area contributed by atoms with Crippen LogP contribution in [0.5, 0.6) is 0 Å². The molecule has 5 nitrogen and oxygen atoms in total. The number of carboxylic acids is 1. The number of carbonyl (C=O) groups is 2. The van der Waals surface area contributed by atoms with Gasteiger partial charge in [0.1, 0.15) is 0 Å². The highest BCUT2D eigenvalue weighted by molar-refractivity contribution is 5.85. The van der Waals surface area contributed by atoms with Crippen molar-refractivity contribution in [3.8, 4) is 0 Å². The lowest BCUT2D eigenvalue weighted by atomic mass is 9.82. The number of carbonyl (C=O) groups excluding carboxylic acids is 1. The number of rotatable bonds is 4. The topological polar surface area (TPSA) is 86.6 Å². The van der Waals surface area contributed by atoms with Crippen LogP contribution < -0.4 is 5.32 Å². The van der Waals surface area contributed by atoms with E-state index in [1.165, 1.54) is 0 Å². The maximum absolute atomic E-state index is 11.7. The van der Waals surface area contributed by atoms with Gasteiger partial charge in [-0.05, 0) is 19.8 Å². The van der Waals surface area contributed by atoms with E-state index in [2.05, 4.69) is 5.32 Å². The van der Waals surface area contributed by atoms with Gasteiger partial charge in [-0.25, -0.2) is 0 Å². The monoisotopic (exact) mass is 227 g/mol. The molecule has 0 radical (unpaired) electrons. The molecule has 1 aliphatic rings. The van der Waals surface area contributed by atoms with Crippen LogP contribution in [0.2, 0.25) is 0 Å². The summed E-state index contributed by atoms with van der Waals surface area (Å²) < 4.78 is 0. The minimum Gasteiger partial charge on any atom is -0.481 e. The summed E-state index contributed by atoms with van der Waals surface area (Å²) >= 11 is 0. The van der Waals surface area contributed by atoms with Crippen LogP contribution >= 0.6 is 0 Å². The van der Waals surface area contributed by atoms with Gasteiger partial charge in [0, 0.05) is 6.54 Å². The van der Waals surface area contributed by atoms with Crippen molar-refractivity contribution in [2.24, 2.45) is 11.8 Å². The van der Waals surface area contributed by atoms with Gasteiger partial charge in [-0.1, -0.05) is 12.2 Å². The van der Waals surface area contributed by atoms with Gasteiger partial charge >= 0.3 is 5.97 Å². The number of aliphatic carboxylic acids is 1.